The summed E-state index contributed by atoms with van der Waals surface area (Å²) >= 11 is 0. The van der Waals surface area contributed by atoms with Crippen molar-refractivity contribution in [1.29, 1.82) is 0 Å². The Balaban J connectivity index is 3.81. The van der Waals surface area contributed by atoms with Gasteiger partial charge in [0, 0.05) is 13.0 Å². The van der Waals surface area contributed by atoms with Crippen molar-refractivity contribution < 1.29 is 4.84 Å². The molecular weight excluding hydrogens is 116 g/mol. The average molecular weight is 130 g/mol. The molecule has 0 saturated heterocycles. The Morgan fingerprint density at radius 3 is 2.22 bits per heavy atom. The second kappa shape index (κ2) is 4.18. The summed E-state index contributed by atoms with van der Waals surface area (Å²) in [5.74, 6) is 1.27. The first-order chi connectivity index (χ1) is 4.22. The molecule has 0 fully saturated rings. The van der Waals surface area contributed by atoms with E-state index in [9.17, 15) is 0 Å². The van der Waals surface area contributed by atoms with Gasteiger partial charge in [-0.3, -0.25) is 0 Å². The molecule has 0 aliphatic rings. The first kappa shape index (κ1) is 8.27. The van der Waals surface area contributed by atoms with Crippen LogP contribution in [0.25, 0.3) is 0 Å². The third-order valence-electron chi connectivity index (χ3n) is 0.993. The summed E-state index contributed by atoms with van der Waals surface area (Å²) in [6.07, 6.45) is 0. The van der Waals surface area contributed by atoms with Crippen molar-refractivity contribution in [3.63, 3.8) is 0 Å². The largest absolute Gasteiger partial charge is 0.398 e. The molecule has 9 heavy (non-hydrogen) atoms. The number of nitrogens with one attached hydrogen (secondary N) is 1. The molecule has 0 spiro atoms. The zero-order valence-electron chi connectivity index (χ0n) is 6.43. The van der Waals surface area contributed by atoms with Crippen molar-refractivity contribution >= 4 is 5.84 Å². The lowest BCUT2D eigenvalue weighted by atomic mass is 10.2. The van der Waals surface area contributed by atoms with Crippen LogP contribution in [0.15, 0.2) is 5.16 Å². The summed E-state index contributed by atoms with van der Waals surface area (Å²) in [5.41, 5.74) is 0. The predicted molar refractivity (Wildman–Crippen MR) is 38.3 cm³/mol. The first-order valence-corrected chi connectivity index (χ1v) is 3.01. The lowest BCUT2D eigenvalue weighted by Crippen LogP contribution is -2.23. The van der Waals surface area contributed by atoms with E-state index < -0.39 is 0 Å². The summed E-state index contributed by atoms with van der Waals surface area (Å²) < 4.78 is 0. The molecule has 3 nitrogen and oxygen atoms in total. The molecule has 0 bridgehead atoms. The lowest BCUT2D eigenvalue weighted by molar-refractivity contribution is 0.210. The molecule has 0 rings (SSSR count). The number of hydrogen-bond acceptors (Lipinski definition) is 2. The van der Waals surface area contributed by atoms with Crippen molar-refractivity contribution in [3.8, 4) is 0 Å². The molecule has 0 radical (unpaired) electrons. The fraction of sp³-hybridized carbons (Fsp3) is 0.833. The zero-order valence-corrected chi connectivity index (χ0v) is 6.43. The van der Waals surface area contributed by atoms with Gasteiger partial charge in [-0.1, -0.05) is 19.0 Å². The minimum absolute atomic E-state index is 0.398. The van der Waals surface area contributed by atoms with Gasteiger partial charge in [-0.15, -0.1) is 0 Å². The standard InChI is InChI=1S/C6H14N2O/c1-5(2)6(7-3)8-9-4/h5H,1-4H3,(H,7,8). The molecule has 0 aliphatic carbocycles. The predicted octanol–water partition coefficient (Wildman–Crippen LogP) is 0.822. The van der Waals surface area contributed by atoms with Crippen LogP contribution in [0.4, 0.5) is 0 Å². The van der Waals surface area contributed by atoms with Crippen molar-refractivity contribution in [2.24, 2.45) is 11.1 Å². The van der Waals surface area contributed by atoms with Crippen LogP contribution in [0.3, 0.4) is 0 Å². The minimum atomic E-state index is 0.398. The molecule has 0 aliphatic heterocycles. The number of amidine groups is 1. The number of nitrogens with zero attached hydrogens (tertiary/aromatic N) is 1. The monoisotopic (exact) mass is 130 g/mol. The van der Waals surface area contributed by atoms with E-state index >= 15 is 0 Å². The molecule has 3 heteroatoms. The van der Waals surface area contributed by atoms with E-state index in [1.165, 1.54) is 0 Å². The van der Waals surface area contributed by atoms with Gasteiger partial charge in [0.05, 0.1) is 0 Å². The fourth-order valence-electron chi connectivity index (χ4n) is 0.538. The molecular formula is C6H14N2O. The highest BCUT2D eigenvalue weighted by atomic mass is 16.6. The topological polar surface area (TPSA) is 33.6 Å². The molecule has 0 heterocycles. The molecule has 0 aromatic rings. The van der Waals surface area contributed by atoms with Crippen molar-refractivity contribution in [1.82, 2.24) is 5.32 Å². The van der Waals surface area contributed by atoms with E-state index in [1.54, 1.807) is 7.11 Å². The Bertz CT molecular complexity index is 99.2. The molecule has 1 N–H and O–H groups in total. The van der Waals surface area contributed by atoms with Crippen LogP contribution >= 0.6 is 0 Å². The van der Waals surface area contributed by atoms with Gasteiger partial charge >= 0.3 is 0 Å². The summed E-state index contributed by atoms with van der Waals surface area (Å²) in [7, 11) is 3.37. The third-order valence-corrected chi connectivity index (χ3v) is 0.993. The van der Waals surface area contributed by atoms with Gasteiger partial charge in [-0.25, -0.2) is 0 Å². The summed E-state index contributed by atoms with van der Waals surface area (Å²) in [4.78, 5) is 4.58. The zero-order chi connectivity index (χ0) is 7.28. The average Bonchev–Trinajstić information content (AvgIpc) is 1.82. The first-order valence-electron chi connectivity index (χ1n) is 3.01. The molecule has 0 aromatic heterocycles. The van der Waals surface area contributed by atoms with Gasteiger partial charge in [0.1, 0.15) is 12.9 Å². The highest BCUT2D eigenvalue weighted by Gasteiger charge is 2.00. The smallest absolute Gasteiger partial charge is 0.144 e. The number of oxime groups is 1. The van der Waals surface area contributed by atoms with Crippen molar-refractivity contribution in [2.45, 2.75) is 13.8 Å². The van der Waals surface area contributed by atoms with Crippen LogP contribution in [0.5, 0.6) is 0 Å². The van der Waals surface area contributed by atoms with Crippen LogP contribution in [0, 0.1) is 5.92 Å². The van der Waals surface area contributed by atoms with Gasteiger partial charge in [0.15, 0.2) is 0 Å². The van der Waals surface area contributed by atoms with Crippen LogP contribution in [0.2, 0.25) is 0 Å². The summed E-state index contributed by atoms with van der Waals surface area (Å²) in [6, 6.07) is 0. The quantitative estimate of drug-likeness (QED) is 0.341. The Labute approximate surface area is 56.1 Å². The summed E-state index contributed by atoms with van der Waals surface area (Å²) in [5, 5.41) is 6.68. The highest BCUT2D eigenvalue weighted by molar-refractivity contribution is 5.83. The van der Waals surface area contributed by atoms with Gasteiger partial charge in [0.2, 0.25) is 0 Å². The molecule has 54 valence electrons. The second-order valence-electron chi connectivity index (χ2n) is 2.06. The van der Waals surface area contributed by atoms with E-state index in [1.807, 2.05) is 20.9 Å². The molecule has 0 amide bonds. The Morgan fingerprint density at radius 2 is 2.11 bits per heavy atom. The number of hydrogen-bond donors (Lipinski definition) is 1. The SMILES string of the molecule is CN/C(=N\OC)C(C)C. The fourth-order valence-corrected chi connectivity index (χ4v) is 0.538. The maximum absolute atomic E-state index is 4.58. The Hall–Kier alpha value is -0.730. The van der Waals surface area contributed by atoms with Crippen LogP contribution < -0.4 is 5.32 Å². The molecule has 0 aromatic carbocycles. The van der Waals surface area contributed by atoms with Gasteiger partial charge in [-0.2, -0.15) is 0 Å². The van der Waals surface area contributed by atoms with E-state index in [-0.39, 0.29) is 0 Å². The summed E-state index contributed by atoms with van der Waals surface area (Å²) in [6.45, 7) is 4.10. The number of rotatable bonds is 2. The lowest BCUT2D eigenvalue weighted by Gasteiger charge is -2.06. The maximum Gasteiger partial charge on any atom is 0.144 e. The van der Waals surface area contributed by atoms with Crippen molar-refractivity contribution in [3.05, 3.63) is 0 Å². The van der Waals surface area contributed by atoms with E-state index in [0.717, 1.165) is 5.84 Å². The van der Waals surface area contributed by atoms with Crippen LogP contribution in [0.1, 0.15) is 13.8 Å². The minimum Gasteiger partial charge on any atom is -0.398 e. The highest BCUT2D eigenvalue weighted by Crippen LogP contribution is 1.92. The van der Waals surface area contributed by atoms with Gasteiger partial charge in [0.25, 0.3) is 0 Å². The van der Waals surface area contributed by atoms with E-state index in [4.69, 9.17) is 0 Å². The van der Waals surface area contributed by atoms with Crippen LogP contribution in [-0.4, -0.2) is 20.0 Å². The van der Waals surface area contributed by atoms with Crippen molar-refractivity contribution in [2.75, 3.05) is 14.2 Å². The second-order valence-corrected chi connectivity index (χ2v) is 2.06. The van der Waals surface area contributed by atoms with E-state index in [0.29, 0.717) is 5.92 Å². The van der Waals surface area contributed by atoms with Gasteiger partial charge in [-0.05, 0) is 0 Å². The van der Waals surface area contributed by atoms with Gasteiger partial charge < -0.3 is 10.2 Å². The molecule has 0 unspecified atom stereocenters. The normalized spacial score (nSPS) is 11.9. The maximum atomic E-state index is 4.58. The Morgan fingerprint density at radius 1 is 1.56 bits per heavy atom. The molecule has 0 saturated carbocycles. The third kappa shape index (κ3) is 2.95. The molecule has 0 atom stereocenters. The van der Waals surface area contributed by atoms with Crippen LogP contribution in [-0.2, 0) is 4.84 Å². The Kier molecular flexibility index (Phi) is 3.84. The van der Waals surface area contributed by atoms with E-state index in [2.05, 4.69) is 15.3 Å².